The molecule has 4 rings (SSSR count). The van der Waals surface area contributed by atoms with E-state index in [1.54, 1.807) is 11.6 Å². The maximum Gasteiger partial charge on any atom is 0.267 e. The van der Waals surface area contributed by atoms with Crippen LogP contribution in [0.2, 0.25) is 0 Å². The van der Waals surface area contributed by atoms with Crippen molar-refractivity contribution in [1.82, 2.24) is 5.48 Å². The Bertz CT molecular complexity index is 1020. The molecular weight excluding hydrogens is 362 g/mol. The molecule has 0 saturated heterocycles. The second kappa shape index (κ2) is 8.63. The quantitative estimate of drug-likeness (QED) is 0.335. The third kappa shape index (κ3) is 4.31. The number of hydrogen-bond acceptors (Lipinski definition) is 4. The summed E-state index contributed by atoms with van der Waals surface area (Å²) in [5, 5.41) is 12.3. The topological polar surface area (TPSA) is 64.6 Å². The van der Waals surface area contributed by atoms with Gasteiger partial charge in [0.2, 0.25) is 0 Å². The number of nitrogens with zero attached hydrogens (tertiary/aromatic N) is 1. The highest BCUT2D eigenvalue weighted by atomic mass is 16.5. The van der Waals surface area contributed by atoms with Crippen LogP contribution in [0.3, 0.4) is 0 Å². The van der Waals surface area contributed by atoms with E-state index in [4.69, 9.17) is 5.21 Å². The zero-order valence-corrected chi connectivity index (χ0v) is 16.0. The van der Waals surface area contributed by atoms with E-state index in [-0.39, 0.29) is 6.17 Å². The number of carbonyl (C=O) groups is 1. The summed E-state index contributed by atoms with van der Waals surface area (Å²) in [5.41, 5.74) is 7.23. The minimum atomic E-state index is -0.550. The van der Waals surface area contributed by atoms with E-state index in [2.05, 4.69) is 64.8 Å². The maximum absolute atomic E-state index is 11.3. The van der Waals surface area contributed by atoms with E-state index in [1.807, 2.05) is 24.3 Å². The van der Waals surface area contributed by atoms with Crippen molar-refractivity contribution >= 4 is 23.4 Å². The number of hydroxylamine groups is 1. The number of hydrogen-bond donors (Lipinski definition) is 3. The number of benzene rings is 3. The Morgan fingerprint density at radius 3 is 2.66 bits per heavy atom. The molecule has 29 heavy (non-hydrogen) atoms. The zero-order chi connectivity index (χ0) is 20.1. The Balaban J connectivity index is 1.60. The second-order valence-corrected chi connectivity index (χ2v) is 6.97. The lowest BCUT2D eigenvalue weighted by Crippen LogP contribution is -2.30. The highest BCUT2D eigenvalue weighted by Gasteiger charge is 2.29. The van der Waals surface area contributed by atoms with Crippen LogP contribution in [-0.2, 0) is 11.2 Å². The second-order valence-electron chi connectivity index (χ2n) is 6.97. The van der Waals surface area contributed by atoms with Gasteiger partial charge in [0.05, 0.1) is 11.4 Å². The molecule has 1 aliphatic rings. The highest BCUT2D eigenvalue weighted by molar-refractivity contribution is 5.90. The Morgan fingerprint density at radius 1 is 1.03 bits per heavy atom. The minimum absolute atomic E-state index is 0.0103. The molecule has 0 saturated carbocycles. The number of para-hydroxylation sites is 2. The molecule has 3 aromatic carbocycles. The van der Waals surface area contributed by atoms with Gasteiger partial charge in [-0.15, -0.1) is 0 Å². The Kier molecular flexibility index (Phi) is 5.59. The Morgan fingerprint density at radius 2 is 1.83 bits per heavy atom. The van der Waals surface area contributed by atoms with Crippen LogP contribution in [0.25, 0.3) is 6.08 Å². The van der Waals surface area contributed by atoms with Gasteiger partial charge in [-0.05, 0) is 47.4 Å². The van der Waals surface area contributed by atoms with Crippen molar-refractivity contribution in [2.45, 2.75) is 12.6 Å². The summed E-state index contributed by atoms with van der Waals surface area (Å²) < 4.78 is 0. The molecule has 3 N–H and O–H groups in total. The van der Waals surface area contributed by atoms with Crippen LogP contribution in [0, 0.1) is 0 Å². The fourth-order valence-electron chi connectivity index (χ4n) is 3.66. The molecule has 3 aromatic rings. The maximum atomic E-state index is 11.3. The van der Waals surface area contributed by atoms with E-state index in [9.17, 15) is 4.79 Å². The summed E-state index contributed by atoms with van der Waals surface area (Å²) in [6, 6.07) is 26.9. The monoisotopic (exact) mass is 385 g/mol. The third-order valence-electron chi connectivity index (χ3n) is 5.07. The van der Waals surface area contributed by atoms with Gasteiger partial charge >= 0.3 is 0 Å². The minimum Gasteiger partial charge on any atom is -0.360 e. The van der Waals surface area contributed by atoms with E-state index in [0.717, 1.165) is 29.8 Å². The van der Waals surface area contributed by atoms with Gasteiger partial charge in [0.1, 0.15) is 6.17 Å². The predicted octanol–water partition coefficient (Wildman–Crippen LogP) is 4.38. The van der Waals surface area contributed by atoms with Crippen molar-refractivity contribution < 1.29 is 10.0 Å². The molecule has 0 fully saturated rings. The van der Waals surface area contributed by atoms with Crippen molar-refractivity contribution in [3.8, 4) is 0 Å². The van der Waals surface area contributed by atoms with Gasteiger partial charge in [0.25, 0.3) is 5.91 Å². The van der Waals surface area contributed by atoms with Gasteiger partial charge in [0, 0.05) is 12.6 Å². The van der Waals surface area contributed by atoms with Gasteiger partial charge in [0.15, 0.2) is 0 Å². The molecule has 1 atom stereocenters. The van der Waals surface area contributed by atoms with Crippen LogP contribution in [0.5, 0.6) is 0 Å². The Hall–Kier alpha value is -3.57. The molecule has 5 nitrogen and oxygen atoms in total. The van der Waals surface area contributed by atoms with E-state index in [0.29, 0.717) is 0 Å². The lowest BCUT2D eigenvalue weighted by Gasteiger charge is -2.27. The van der Waals surface area contributed by atoms with Gasteiger partial charge in [-0.25, -0.2) is 5.48 Å². The molecule has 0 aromatic heterocycles. The standard InChI is InChI=1S/C24H23N3O2/c28-23(26-29)14-13-19-9-6-10-20(17-19)24-25-21-11-4-5-12-22(21)27(24)16-15-18-7-2-1-3-8-18/h1-14,17,24-25,29H,15-16H2,(H,26,28)/b14-13+. The molecule has 1 heterocycles. The van der Waals surface area contributed by atoms with Crippen LogP contribution < -0.4 is 15.7 Å². The average Bonchev–Trinajstić information content (AvgIpc) is 3.15. The number of amides is 1. The molecule has 146 valence electrons. The summed E-state index contributed by atoms with van der Waals surface area (Å²) in [7, 11) is 0. The smallest absolute Gasteiger partial charge is 0.267 e. The van der Waals surface area contributed by atoms with Crippen LogP contribution in [0.1, 0.15) is 22.9 Å². The molecule has 0 aliphatic carbocycles. The van der Waals surface area contributed by atoms with Crippen molar-refractivity contribution in [3.05, 3.63) is 102 Å². The fourth-order valence-corrected chi connectivity index (χ4v) is 3.66. The largest absolute Gasteiger partial charge is 0.360 e. The number of fused-ring (bicyclic) bond motifs is 1. The predicted molar refractivity (Wildman–Crippen MR) is 116 cm³/mol. The zero-order valence-electron chi connectivity index (χ0n) is 16.0. The number of nitrogens with one attached hydrogen (secondary N) is 2. The van der Waals surface area contributed by atoms with Crippen molar-refractivity contribution in [2.24, 2.45) is 0 Å². The summed E-state index contributed by atoms with van der Waals surface area (Å²) in [4.78, 5) is 13.7. The summed E-state index contributed by atoms with van der Waals surface area (Å²) in [6.07, 6.45) is 3.95. The molecular formula is C24H23N3O2. The normalized spacial score (nSPS) is 15.2. The molecule has 0 bridgehead atoms. The average molecular weight is 385 g/mol. The van der Waals surface area contributed by atoms with Crippen LogP contribution in [-0.4, -0.2) is 17.7 Å². The van der Waals surface area contributed by atoms with Gasteiger partial charge in [-0.3, -0.25) is 10.0 Å². The molecule has 1 unspecified atom stereocenters. The molecule has 0 radical (unpaired) electrons. The first kappa shape index (κ1) is 18.8. The third-order valence-corrected chi connectivity index (χ3v) is 5.07. The SMILES string of the molecule is O=C(/C=C/c1cccc(C2Nc3ccccc3N2CCc2ccccc2)c1)NO. The number of anilines is 2. The molecule has 1 aliphatic heterocycles. The first-order chi connectivity index (χ1) is 14.2. The number of carbonyl (C=O) groups excluding carboxylic acids is 1. The molecule has 0 spiro atoms. The summed E-state index contributed by atoms with van der Waals surface area (Å²) in [5.74, 6) is -0.550. The van der Waals surface area contributed by atoms with Crippen LogP contribution in [0.15, 0.2) is 84.9 Å². The van der Waals surface area contributed by atoms with Crippen molar-refractivity contribution in [3.63, 3.8) is 0 Å². The first-order valence-corrected chi connectivity index (χ1v) is 9.63. The van der Waals surface area contributed by atoms with Gasteiger partial charge in [-0.1, -0.05) is 60.7 Å². The summed E-state index contributed by atoms with van der Waals surface area (Å²) >= 11 is 0. The molecule has 1 amide bonds. The lowest BCUT2D eigenvalue weighted by molar-refractivity contribution is -0.124. The summed E-state index contributed by atoms with van der Waals surface area (Å²) in [6.45, 7) is 0.881. The van der Waals surface area contributed by atoms with E-state index >= 15 is 0 Å². The lowest BCUT2D eigenvalue weighted by atomic mass is 10.1. The first-order valence-electron chi connectivity index (χ1n) is 9.63. The van der Waals surface area contributed by atoms with E-state index < -0.39 is 5.91 Å². The van der Waals surface area contributed by atoms with Gasteiger partial charge < -0.3 is 10.2 Å². The van der Waals surface area contributed by atoms with Crippen molar-refractivity contribution in [2.75, 3.05) is 16.8 Å². The van der Waals surface area contributed by atoms with Gasteiger partial charge in [-0.2, -0.15) is 0 Å². The van der Waals surface area contributed by atoms with E-state index in [1.165, 1.54) is 17.3 Å². The van der Waals surface area contributed by atoms with Crippen molar-refractivity contribution in [1.29, 1.82) is 0 Å². The fraction of sp³-hybridized carbons (Fsp3) is 0.125. The highest BCUT2D eigenvalue weighted by Crippen LogP contribution is 2.41. The molecule has 5 heteroatoms. The van der Waals surface area contributed by atoms with Crippen LogP contribution in [0.4, 0.5) is 11.4 Å². The number of rotatable bonds is 6. The Labute approximate surface area is 170 Å². The van der Waals surface area contributed by atoms with Crippen LogP contribution >= 0.6 is 0 Å².